The molecule has 0 aliphatic heterocycles. The zero-order valence-electron chi connectivity index (χ0n) is 5.40. The molecule has 1 atom stereocenters. The lowest BCUT2D eigenvalue weighted by atomic mass is 9.98. The van der Waals surface area contributed by atoms with Crippen molar-refractivity contribution in [3.8, 4) is 11.8 Å². The van der Waals surface area contributed by atoms with Gasteiger partial charge in [-0.2, -0.15) is 0 Å². The molecule has 0 heterocycles. The van der Waals surface area contributed by atoms with Crippen LogP contribution >= 0.6 is 0 Å². The number of hydrogen-bond donors (Lipinski definition) is 1. The molecule has 0 fully saturated rings. The molecule has 0 radical (unpaired) electrons. The van der Waals surface area contributed by atoms with Gasteiger partial charge in [0.1, 0.15) is 5.92 Å². The van der Waals surface area contributed by atoms with E-state index in [4.69, 9.17) is 0 Å². The first-order valence-corrected chi connectivity index (χ1v) is 3.10. The SMILES string of the molecule is CCNC(=O)C1C#CC1. The van der Waals surface area contributed by atoms with Crippen molar-refractivity contribution >= 4 is 5.91 Å². The lowest BCUT2D eigenvalue weighted by Gasteiger charge is -2.11. The third-order valence-corrected chi connectivity index (χ3v) is 1.25. The van der Waals surface area contributed by atoms with Crippen molar-refractivity contribution in [2.75, 3.05) is 6.54 Å². The molecule has 1 amide bonds. The van der Waals surface area contributed by atoms with Crippen LogP contribution in [0.25, 0.3) is 0 Å². The molecule has 1 rings (SSSR count). The fourth-order valence-corrected chi connectivity index (χ4v) is 0.660. The van der Waals surface area contributed by atoms with Gasteiger partial charge in [0.25, 0.3) is 0 Å². The third-order valence-electron chi connectivity index (χ3n) is 1.25. The molecule has 1 aliphatic carbocycles. The Morgan fingerprint density at radius 1 is 1.89 bits per heavy atom. The number of amides is 1. The molecule has 48 valence electrons. The fourth-order valence-electron chi connectivity index (χ4n) is 0.660. The molecule has 0 aromatic carbocycles. The van der Waals surface area contributed by atoms with E-state index in [0.29, 0.717) is 6.54 Å². The van der Waals surface area contributed by atoms with Gasteiger partial charge in [0.2, 0.25) is 5.91 Å². The van der Waals surface area contributed by atoms with Crippen LogP contribution in [-0.4, -0.2) is 12.5 Å². The minimum Gasteiger partial charge on any atom is -0.355 e. The summed E-state index contributed by atoms with van der Waals surface area (Å²) in [6.45, 7) is 2.61. The summed E-state index contributed by atoms with van der Waals surface area (Å²) in [5, 5.41) is 2.71. The number of nitrogens with one attached hydrogen (secondary N) is 1. The maximum absolute atomic E-state index is 10.8. The fraction of sp³-hybridized carbons (Fsp3) is 0.571. The molecule has 0 aromatic heterocycles. The molecule has 9 heavy (non-hydrogen) atoms. The number of carbonyl (C=O) groups is 1. The van der Waals surface area contributed by atoms with Gasteiger partial charge in [0, 0.05) is 13.0 Å². The Balaban J connectivity index is 2.29. The highest BCUT2D eigenvalue weighted by Crippen LogP contribution is 2.07. The Kier molecular flexibility index (Phi) is 1.74. The normalized spacial score (nSPS) is 21.2. The van der Waals surface area contributed by atoms with E-state index < -0.39 is 0 Å². The molecular formula is C7H9NO. The van der Waals surface area contributed by atoms with Crippen LogP contribution in [0.4, 0.5) is 0 Å². The van der Waals surface area contributed by atoms with E-state index in [1.165, 1.54) is 0 Å². The first kappa shape index (κ1) is 6.15. The maximum atomic E-state index is 10.8. The summed E-state index contributed by atoms with van der Waals surface area (Å²) in [6.07, 6.45) is 0.742. The molecule has 2 nitrogen and oxygen atoms in total. The quantitative estimate of drug-likeness (QED) is 0.520. The minimum atomic E-state index is -0.00931. The van der Waals surface area contributed by atoms with Gasteiger partial charge in [-0.3, -0.25) is 4.79 Å². The molecule has 0 spiro atoms. The van der Waals surface area contributed by atoms with Crippen LogP contribution in [0.15, 0.2) is 0 Å². The highest BCUT2D eigenvalue weighted by molar-refractivity contribution is 5.83. The van der Waals surface area contributed by atoms with Crippen molar-refractivity contribution in [3.05, 3.63) is 0 Å². The van der Waals surface area contributed by atoms with Crippen molar-refractivity contribution in [2.24, 2.45) is 5.92 Å². The Labute approximate surface area is 54.6 Å². The van der Waals surface area contributed by atoms with Crippen molar-refractivity contribution < 1.29 is 4.79 Å². The molecule has 0 aromatic rings. The lowest BCUT2D eigenvalue weighted by molar-refractivity contribution is -0.123. The second-order valence-corrected chi connectivity index (χ2v) is 1.97. The second-order valence-electron chi connectivity index (χ2n) is 1.97. The van der Waals surface area contributed by atoms with E-state index >= 15 is 0 Å². The number of carbonyl (C=O) groups excluding carboxylic acids is 1. The molecular weight excluding hydrogens is 114 g/mol. The monoisotopic (exact) mass is 123 g/mol. The van der Waals surface area contributed by atoms with Crippen LogP contribution in [0.3, 0.4) is 0 Å². The van der Waals surface area contributed by atoms with Crippen molar-refractivity contribution in [2.45, 2.75) is 13.3 Å². The summed E-state index contributed by atoms with van der Waals surface area (Å²) in [4.78, 5) is 10.8. The summed E-state index contributed by atoms with van der Waals surface area (Å²) in [7, 11) is 0. The summed E-state index contributed by atoms with van der Waals surface area (Å²) in [6, 6.07) is 0. The van der Waals surface area contributed by atoms with Gasteiger partial charge in [-0.1, -0.05) is 5.92 Å². The van der Waals surface area contributed by atoms with Crippen molar-refractivity contribution in [1.82, 2.24) is 5.32 Å². The number of hydrogen-bond acceptors (Lipinski definition) is 1. The van der Waals surface area contributed by atoms with E-state index in [2.05, 4.69) is 17.2 Å². The topological polar surface area (TPSA) is 29.1 Å². The van der Waals surface area contributed by atoms with Gasteiger partial charge in [-0.05, 0) is 6.92 Å². The van der Waals surface area contributed by atoms with E-state index in [-0.39, 0.29) is 11.8 Å². The smallest absolute Gasteiger partial charge is 0.236 e. The van der Waals surface area contributed by atoms with Gasteiger partial charge >= 0.3 is 0 Å². The summed E-state index contributed by atoms with van der Waals surface area (Å²) >= 11 is 0. The van der Waals surface area contributed by atoms with Gasteiger partial charge in [0.15, 0.2) is 0 Å². The maximum Gasteiger partial charge on any atom is 0.236 e. The highest BCUT2D eigenvalue weighted by Gasteiger charge is 2.17. The third kappa shape index (κ3) is 1.23. The van der Waals surface area contributed by atoms with E-state index in [9.17, 15) is 4.79 Å². The predicted molar refractivity (Wildman–Crippen MR) is 34.6 cm³/mol. The van der Waals surface area contributed by atoms with Crippen LogP contribution in [-0.2, 0) is 4.79 Å². The molecule has 0 saturated carbocycles. The average molecular weight is 123 g/mol. The van der Waals surface area contributed by atoms with Gasteiger partial charge < -0.3 is 5.32 Å². The Hall–Kier alpha value is -0.970. The van der Waals surface area contributed by atoms with E-state index in [0.717, 1.165) is 6.42 Å². The Bertz CT molecular complexity index is 175. The van der Waals surface area contributed by atoms with Crippen molar-refractivity contribution in [1.29, 1.82) is 0 Å². The molecule has 1 N–H and O–H groups in total. The first-order valence-electron chi connectivity index (χ1n) is 3.10. The Morgan fingerprint density at radius 2 is 2.56 bits per heavy atom. The highest BCUT2D eigenvalue weighted by atomic mass is 16.1. The van der Waals surface area contributed by atoms with Crippen molar-refractivity contribution in [3.63, 3.8) is 0 Å². The average Bonchev–Trinajstić information content (AvgIpc) is 1.60. The van der Waals surface area contributed by atoms with Gasteiger partial charge in [-0.25, -0.2) is 0 Å². The molecule has 0 saturated heterocycles. The molecule has 1 unspecified atom stereocenters. The zero-order valence-corrected chi connectivity index (χ0v) is 5.40. The first-order chi connectivity index (χ1) is 4.34. The minimum absolute atomic E-state index is 0.00931. The molecule has 0 bridgehead atoms. The van der Waals surface area contributed by atoms with E-state index in [1.54, 1.807) is 0 Å². The standard InChI is InChI=1S/C7H9NO/c1-2-8-7(9)6-4-3-5-6/h6H,2,4H2,1H3,(H,8,9). The van der Waals surface area contributed by atoms with Gasteiger partial charge in [0.05, 0.1) is 0 Å². The Morgan fingerprint density at radius 3 is 2.89 bits per heavy atom. The molecule has 2 heteroatoms. The zero-order chi connectivity index (χ0) is 6.69. The van der Waals surface area contributed by atoms with Crippen LogP contribution in [0.1, 0.15) is 13.3 Å². The van der Waals surface area contributed by atoms with Crippen LogP contribution in [0.2, 0.25) is 0 Å². The summed E-state index contributed by atoms with van der Waals surface area (Å²) in [5.41, 5.74) is 0. The summed E-state index contributed by atoms with van der Waals surface area (Å²) in [5.74, 6) is 5.63. The van der Waals surface area contributed by atoms with E-state index in [1.807, 2.05) is 6.92 Å². The predicted octanol–water partition coefficient (Wildman–Crippen LogP) is 0.146. The van der Waals surface area contributed by atoms with Crippen LogP contribution < -0.4 is 5.32 Å². The second kappa shape index (κ2) is 2.54. The lowest BCUT2D eigenvalue weighted by Crippen LogP contribution is -2.31. The number of rotatable bonds is 2. The summed E-state index contributed by atoms with van der Waals surface area (Å²) < 4.78 is 0. The largest absolute Gasteiger partial charge is 0.355 e. The van der Waals surface area contributed by atoms with Crippen LogP contribution in [0.5, 0.6) is 0 Å². The molecule has 1 aliphatic rings. The van der Waals surface area contributed by atoms with Crippen LogP contribution in [0, 0.1) is 17.8 Å². The van der Waals surface area contributed by atoms with Gasteiger partial charge in [-0.15, -0.1) is 5.92 Å².